The average Bonchev–Trinajstić information content (AvgIpc) is 2.74. The Morgan fingerprint density at radius 1 is 1.38 bits per heavy atom. The van der Waals surface area contributed by atoms with Gasteiger partial charge in [0, 0.05) is 17.9 Å². The van der Waals surface area contributed by atoms with E-state index in [1.54, 1.807) is 0 Å². The standard InChI is InChI=1S/C14H22N2/c1-4-11-9-12(10-15-13(11)5-2)14-7-6-8-16(14)3/h9-10,14H,4-8H2,1-3H3. The molecule has 0 aromatic carbocycles. The molecule has 0 spiro atoms. The zero-order chi connectivity index (χ0) is 11.5. The lowest BCUT2D eigenvalue weighted by Crippen LogP contribution is -2.18. The highest BCUT2D eigenvalue weighted by Gasteiger charge is 2.23. The van der Waals surface area contributed by atoms with Crippen LogP contribution in [0.2, 0.25) is 0 Å². The molecule has 1 fully saturated rings. The van der Waals surface area contributed by atoms with Crippen molar-refractivity contribution in [3.8, 4) is 0 Å². The molecule has 0 amide bonds. The van der Waals surface area contributed by atoms with Gasteiger partial charge >= 0.3 is 0 Å². The van der Waals surface area contributed by atoms with Crippen molar-refractivity contribution in [1.82, 2.24) is 9.88 Å². The van der Waals surface area contributed by atoms with Crippen LogP contribution in [-0.2, 0) is 12.8 Å². The summed E-state index contributed by atoms with van der Waals surface area (Å²) in [5.74, 6) is 0. The van der Waals surface area contributed by atoms with E-state index in [1.165, 1.54) is 36.2 Å². The molecule has 2 nitrogen and oxygen atoms in total. The van der Waals surface area contributed by atoms with Crippen molar-refractivity contribution in [2.24, 2.45) is 0 Å². The van der Waals surface area contributed by atoms with Crippen LogP contribution in [0.25, 0.3) is 0 Å². The molecule has 1 aromatic heterocycles. The molecule has 0 radical (unpaired) electrons. The van der Waals surface area contributed by atoms with Crippen LogP contribution in [0.15, 0.2) is 12.3 Å². The van der Waals surface area contributed by atoms with Crippen LogP contribution in [0.1, 0.15) is 49.6 Å². The Kier molecular flexibility index (Phi) is 3.59. The largest absolute Gasteiger partial charge is 0.299 e. The molecule has 2 rings (SSSR count). The quantitative estimate of drug-likeness (QED) is 0.775. The Balaban J connectivity index is 2.28. The zero-order valence-corrected chi connectivity index (χ0v) is 10.7. The summed E-state index contributed by atoms with van der Waals surface area (Å²) in [7, 11) is 2.22. The van der Waals surface area contributed by atoms with E-state index in [2.05, 4.69) is 43.0 Å². The monoisotopic (exact) mass is 218 g/mol. The van der Waals surface area contributed by atoms with Crippen LogP contribution in [0, 0.1) is 0 Å². The van der Waals surface area contributed by atoms with Crippen molar-refractivity contribution >= 4 is 0 Å². The molecule has 1 atom stereocenters. The van der Waals surface area contributed by atoms with E-state index in [-0.39, 0.29) is 0 Å². The SMILES string of the molecule is CCc1cc(C2CCCN2C)cnc1CC. The van der Waals surface area contributed by atoms with Crippen LogP contribution in [0.4, 0.5) is 0 Å². The topological polar surface area (TPSA) is 16.1 Å². The Labute approximate surface area is 98.7 Å². The van der Waals surface area contributed by atoms with Crippen molar-refractivity contribution in [3.63, 3.8) is 0 Å². The molecule has 1 aromatic rings. The molecule has 2 heteroatoms. The fourth-order valence-electron chi connectivity index (χ4n) is 2.70. The third-order valence-electron chi connectivity index (χ3n) is 3.70. The van der Waals surface area contributed by atoms with Gasteiger partial charge < -0.3 is 0 Å². The Hall–Kier alpha value is -0.890. The number of nitrogens with zero attached hydrogens (tertiary/aromatic N) is 2. The highest BCUT2D eigenvalue weighted by atomic mass is 15.1. The fourth-order valence-corrected chi connectivity index (χ4v) is 2.70. The summed E-state index contributed by atoms with van der Waals surface area (Å²) in [6.07, 6.45) is 6.83. The first kappa shape index (κ1) is 11.6. The molecular weight excluding hydrogens is 196 g/mol. The van der Waals surface area contributed by atoms with Crippen molar-refractivity contribution in [2.45, 2.75) is 45.6 Å². The summed E-state index contributed by atoms with van der Waals surface area (Å²) in [4.78, 5) is 7.07. The number of hydrogen-bond acceptors (Lipinski definition) is 2. The van der Waals surface area contributed by atoms with Gasteiger partial charge in [-0.1, -0.05) is 19.9 Å². The second kappa shape index (κ2) is 4.96. The van der Waals surface area contributed by atoms with Crippen LogP contribution >= 0.6 is 0 Å². The zero-order valence-electron chi connectivity index (χ0n) is 10.7. The van der Waals surface area contributed by atoms with Crippen molar-refractivity contribution in [3.05, 3.63) is 29.1 Å². The first-order valence-electron chi connectivity index (χ1n) is 6.44. The minimum atomic E-state index is 0.601. The Morgan fingerprint density at radius 2 is 2.19 bits per heavy atom. The molecule has 0 aliphatic carbocycles. The predicted octanol–water partition coefficient (Wildman–Crippen LogP) is 2.97. The van der Waals surface area contributed by atoms with E-state index < -0.39 is 0 Å². The first-order valence-corrected chi connectivity index (χ1v) is 6.44. The summed E-state index contributed by atoms with van der Waals surface area (Å²) < 4.78 is 0. The van der Waals surface area contributed by atoms with Gasteiger partial charge in [0.15, 0.2) is 0 Å². The van der Waals surface area contributed by atoms with E-state index in [0.717, 1.165) is 12.8 Å². The number of rotatable bonds is 3. The van der Waals surface area contributed by atoms with Crippen molar-refractivity contribution in [1.29, 1.82) is 0 Å². The number of aromatic nitrogens is 1. The third kappa shape index (κ3) is 2.12. The van der Waals surface area contributed by atoms with Crippen LogP contribution in [0.3, 0.4) is 0 Å². The van der Waals surface area contributed by atoms with Gasteiger partial charge in [0.2, 0.25) is 0 Å². The maximum absolute atomic E-state index is 4.62. The second-order valence-electron chi connectivity index (χ2n) is 4.72. The van der Waals surface area contributed by atoms with E-state index in [9.17, 15) is 0 Å². The fraction of sp³-hybridized carbons (Fsp3) is 0.643. The molecule has 1 saturated heterocycles. The average molecular weight is 218 g/mol. The van der Waals surface area contributed by atoms with Gasteiger partial charge in [-0.05, 0) is 50.4 Å². The summed E-state index contributed by atoms with van der Waals surface area (Å²) >= 11 is 0. The molecule has 0 saturated carbocycles. The van der Waals surface area contributed by atoms with Gasteiger partial charge in [-0.15, -0.1) is 0 Å². The molecule has 1 aliphatic rings. The number of aryl methyl sites for hydroxylation is 2. The minimum Gasteiger partial charge on any atom is -0.299 e. The van der Waals surface area contributed by atoms with Crippen LogP contribution in [0.5, 0.6) is 0 Å². The molecule has 88 valence electrons. The Morgan fingerprint density at radius 3 is 2.75 bits per heavy atom. The normalized spacial score (nSPS) is 21.6. The number of pyridine rings is 1. The molecule has 16 heavy (non-hydrogen) atoms. The minimum absolute atomic E-state index is 0.601. The smallest absolute Gasteiger partial charge is 0.0432 e. The maximum Gasteiger partial charge on any atom is 0.0432 e. The summed E-state index contributed by atoms with van der Waals surface area (Å²) in [5.41, 5.74) is 4.11. The lowest BCUT2D eigenvalue weighted by Gasteiger charge is -2.20. The number of hydrogen-bond donors (Lipinski definition) is 0. The van der Waals surface area contributed by atoms with E-state index in [1.807, 2.05) is 0 Å². The third-order valence-corrected chi connectivity index (χ3v) is 3.70. The van der Waals surface area contributed by atoms with Gasteiger partial charge in [-0.2, -0.15) is 0 Å². The van der Waals surface area contributed by atoms with Gasteiger partial charge in [-0.25, -0.2) is 0 Å². The summed E-state index contributed by atoms with van der Waals surface area (Å²) in [6, 6.07) is 2.97. The Bertz CT molecular complexity index is 360. The maximum atomic E-state index is 4.62. The molecule has 0 bridgehead atoms. The second-order valence-corrected chi connectivity index (χ2v) is 4.72. The molecule has 0 N–H and O–H groups in total. The van der Waals surface area contributed by atoms with E-state index in [4.69, 9.17) is 0 Å². The van der Waals surface area contributed by atoms with E-state index in [0.29, 0.717) is 6.04 Å². The molecular formula is C14H22N2. The number of likely N-dealkylation sites (tertiary alicyclic amines) is 1. The van der Waals surface area contributed by atoms with Crippen LogP contribution < -0.4 is 0 Å². The van der Waals surface area contributed by atoms with Crippen molar-refractivity contribution < 1.29 is 0 Å². The van der Waals surface area contributed by atoms with E-state index >= 15 is 0 Å². The molecule has 2 heterocycles. The van der Waals surface area contributed by atoms with Crippen LogP contribution in [-0.4, -0.2) is 23.5 Å². The highest BCUT2D eigenvalue weighted by Crippen LogP contribution is 2.30. The van der Waals surface area contributed by atoms with Gasteiger partial charge in [-0.3, -0.25) is 9.88 Å². The lowest BCUT2D eigenvalue weighted by molar-refractivity contribution is 0.316. The highest BCUT2D eigenvalue weighted by molar-refractivity contribution is 5.28. The van der Waals surface area contributed by atoms with Gasteiger partial charge in [0.25, 0.3) is 0 Å². The molecule has 1 unspecified atom stereocenters. The van der Waals surface area contributed by atoms with Crippen molar-refractivity contribution in [2.75, 3.05) is 13.6 Å². The van der Waals surface area contributed by atoms with Gasteiger partial charge in [0.1, 0.15) is 0 Å². The predicted molar refractivity (Wildman–Crippen MR) is 67.6 cm³/mol. The van der Waals surface area contributed by atoms with Gasteiger partial charge in [0.05, 0.1) is 0 Å². The molecule has 1 aliphatic heterocycles. The lowest BCUT2D eigenvalue weighted by atomic mass is 10.0. The summed E-state index contributed by atoms with van der Waals surface area (Å²) in [5, 5.41) is 0. The first-order chi connectivity index (χ1) is 7.76. The summed E-state index contributed by atoms with van der Waals surface area (Å²) in [6.45, 7) is 5.63.